The molecule has 0 aromatic heterocycles. The third-order valence-electron chi connectivity index (χ3n) is 3.18. The van der Waals surface area contributed by atoms with Crippen molar-refractivity contribution in [1.29, 1.82) is 0 Å². The first kappa shape index (κ1) is 14.4. The van der Waals surface area contributed by atoms with Crippen LogP contribution in [0.25, 0.3) is 0 Å². The van der Waals surface area contributed by atoms with E-state index in [-0.39, 0.29) is 5.91 Å². The normalized spacial score (nSPS) is 14.6. The number of rotatable bonds is 5. The molecule has 1 heterocycles. The number of nitrogens with zero attached hydrogens (tertiary/aromatic N) is 2. The Hall–Kier alpha value is -1.04. The molecule has 0 spiro atoms. The molecular formula is C14H21N3OS. The summed E-state index contributed by atoms with van der Waals surface area (Å²) in [7, 11) is 1.97. The Morgan fingerprint density at radius 2 is 2.26 bits per heavy atom. The van der Waals surface area contributed by atoms with E-state index in [1.54, 1.807) is 0 Å². The lowest BCUT2D eigenvalue weighted by molar-refractivity contribution is -0.119. The van der Waals surface area contributed by atoms with Crippen LogP contribution < -0.4 is 10.6 Å². The molecule has 19 heavy (non-hydrogen) atoms. The Balaban J connectivity index is 2.00. The van der Waals surface area contributed by atoms with Gasteiger partial charge in [-0.3, -0.25) is 9.69 Å². The lowest BCUT2D eigenvalue weighted by Crippen LogP contribution is -2.42. The number of thioether (sulfide) groups is 1. The van der Waals surface area contributed by atoms with Crippen molar-refractivity contribution in [2.45, 2.75) is 11.3 Å². The number of fused-ring (bicyclic) bond motifs is 1. The Morgan fingerprint density at radius 1 is 1.47 bits per heavy atom. The highest BCUT2D eigenvalue weighted by Gasteiger charge is 2.23. The zero-order chi connectivity index (χ0) is 13.7. The molecule has 2 N–H and O–H groups in total. The zero-order valence-electron chi connectivity index (χ0n) is 11.3. The maximum Gasteiger partial charge on any atom is 0.241 e. The molecule has 1 amide bonds. The van der Waals surface area contributed by atoms with Gasteiger partial charge in [-0.05, 0) is 38.7 Å². The van der Waals surface area contributed by atoms with Crippen molar-refractivity contribution in [1.82, 2.24) is 4.90 Å². The predicted octanol–water partition coefficient (Wildman–Crippen LogP) is 1.41. The van der Waals surface area contributed by atoms with E-state index in [9.17, 15) is 4.79 Å². The van der Waals surface area contributed by atoms with Crippen molar-refractivity contribution in [3.05, 3.63) is 24.3 Å². The Morgan fingerprint density at radius 3 is 3.05 bits per heavy atom. The highest BCUT2D eigenvalue weighted by atomic mass is 32.2. The number of nitrogens with two attached hydrogens (primary N) is 1. The zero-order valence-corrected chi connectivity index (χ0v) is 12.2. The van der Waals surface area contributed by atoms with E-state index in [1.807, 2.05) is 46.8 Å². The summed E-state index contributed by atoms with van der Waals surface area (Å²) in [6.07, 6.45) is 0.927. The van der Waals surface area contributed by atoms with Crippen LogP contribution in [-0.4, -0.2) is 49.8 Å². The van der Waals surface area contributed by atoms with Crippen molar-refractivity contribution >= 4 is 23.4 Å². The molecule has 0 saturated heterocycles. The Bertz CT molecular complexity index is 438. The highest BCUT2D eigenvalue weighted by Crippen LogP contribution is 2.34. The van der Waals surface area contributed by atoms with E-state index >= 15 is 0 Å². The minimum Gasteiger partial charge on any atom is -0.330 e. The molecule has 0 unspecified atom stereocenters. The quantitative estimate of drug-likeness (QED) is 0.885. The summed E-state index contributed by atoms with van der Waals surface area (Å²) in [5, 5.41) is 0. The van der Waals surface area contributed by atoms with Crippen LogP contribution in [0, 0.1) is 0 Å². The van der Waals surface area contributed by atoms with Crippen LogP contribution in [0.15, 0.2) is 29.2 Å². The first-order valence-corrected chi connectivity index (χ1v) is 7.61. The fourth-order valence-electron chi connectivity index (χ4n) is 2.19. The van der Waals surface area contributed by atoms with Crippen LogP contribution in [0.2, 0.25) is 0 Å². The van der Waals surface area contributed by atoms with Gasteiger partial charge in [0, 0.05) is 17.2 Å². The summed E-state index contributed by atoms with van der Waals surface area (Å²) in [5.74, 6) is 1.14. The van der Waals surface area contributed by atoms with Gasteiger partial charge in [-0.2, -0.15) is 0 Å². The van der Waals surface area contributed by atoms with Crippen LogP contribution >= 0.6 is 11.8 Å². The second-order valence-electron chi connectivity index (χ2n) is 4.74. The van der Waals surface area contributed by atoms with E-state index in [0.29, 0.717) is 13.1 Å². The fourth-order valence-corrected chi connectivity index (χ4v) is 3.18. The lowest BCUT2D eigenvalue weighted by atomic mass is 10.2. The molecule has 5 heteroatoms. The summed E-state index contributed by atoms with van der Waals surface area (Å²) in [5.41, 5.74) is 6.54. The average Bonchev–Trinajstić information content (AvgIpc) is 2.44. The molecule has 1 aromatic carbocycles. The summed E-state index contributed by atoms with van der Waals surface area (Å²) < 4.78 is 0. The van der Waals surface area contributed by atoms with E-state index in [1.165, 1.54) is 4.90 Å². The molecule has 0 bridgehead atoms. The minimum atomic E-state index is 0.173. The van der Waals surface area contributed by atoms with Gasteiger partial charge >= 0.3 is 0 Å². The number of hydrogen-bond donors (Lipinski definition) is 1. The van der Waals surface area contributed by atoms with Gasteiger partial charge in [0.05, 0.1) is 12.2 Å². The van der Waals surface area contributed by atoms with Gasteiger partial charge in [0.2, 0.25) is 5.91 Å². The fraction of sp³-hybridized carbons (Fsp3) is 0.500. The summed E-state index contributed by atoms with van der Waals surface area (Å²) in [6.45, 7) is 2.79. The summed E-state index contributed by atoms with van der Waals surface area (Å²) in [4.78, 5) is 17.5. The molecule has 1 aliphatic rings. The monoisotopic (exact) mass is 279 g/mol. The molecular weight excluding hydrogens is 258 g/mol. The van der Waals surface area contributed by atoms with Crippen LogP contribution in [0.3, 0.4) is 0 Å². The number of anilines is 1. The molecule has 2 rings (SSSR count). The van der Waals surface area contributed by atoms with Crippen molar-refractivity contribution in [2.24, 2.45) is 5.73 Å². The largest absolute Gasteiger partial charge is 0.330 e. The Kier molecular flexibility index (Phi) is 5.24. The predicted molar refractivity (Wildman–Crippen MR) is 80.7 cm³/mol. The molecule has 0 aliphatic carbocycles. The topological polar surface area (TPSA) is 49.6 Å². The molecule has 104 valence electrons. The number of para-hydroxylation sites is 1. The van der Waals surface area contributed by atoms with Gasteiger partial charge in [-0.15, -0.1) is 11.8 Å². The highest BCUT2D eigenvalue weighted by molar-refractivity contribution is 7.99. The SMILES string of the molecule is CN(CCCN)CC(=O)N1CCSc2ccccc21. The van der Waals surface area contributed by atoms with Crippen LogP contribution in [0.4, 0.5) is 5.69 Å². The van der Waals surface area contributed by atoms with E-state index in [0.717, 1.165) is 31.0 Å². The number of hydrogen-bond acceptors (Lipinski definition) is 4. The van der Waals surface area contributed by atoms with E-state index in [4.69, 9.17) is 5.73 Å². The molecule has 0 fully saturated rings. The van der Waals surface area contributed by atoms with E-state index in [2.05, 4.69) is 6.07 Å². The first-order chi connectivity index (χ1) is 9.22. The standard InChI is InChI=1S/C14H21N3OS/c1-16(8-4-7-15)11-14(18)17-9-10-19-13-6-3-2-5-12(13)17/h2-3,5-6H,4,7-11,15H2,1H3. The third kappa shape index (κ3) is 3.72. The molecule has 0 saturated carbocycles. The van der Waals surface area contributed by atoms with Gasteiger partial charge in [0.15, 0.2) is 0 Å². The molecule has 0 atom stereocenters. The average molecular weight is 279 g/mol. The summed E-state index contributed by atoms with van der Waals surface area (Å²) >= 11 is 1.82. The molecule has 1 aromatic rings. The van der Waals surface area contributed by atoms with Crippen molar-refractivity contribution in [3.8, 4) is 0 Å². The maximum atomic E-state index is 12.4. The number of likely N-dealkylation sites (N-methyl/N-ethyl adjacent to an activating group) is 1. The minimum absolute atomic E-state index is 0.173. The second kappa shape index (κ2) is 6.93. The number of amides is 1. The molecule has 0 radical (unpaired) electrons. The van der Waals surface area contributed by atoms with Crippen LogP contribution in [0.5, 0.6) is 0 Å². The van der Waals surface area contributed by atoms with Gasteiger partial charge in [0.1, 0.15) is 0 Å². The Labute approximate surface area is 118 Å². The molecule has 1 aliphatic heterocycles. The number of carbonyl (C=O) groups is 1. The first-order valence-electron chi connectivity index (χ1n) is 6.63. The van der Waals surface area contributed by atoms with Crippen LogP contribution in [0.1, 0.15) is 6.42 Å². The van der Waals surface area contributed by atoms with Crippen molar-refractivity contribution < 1.29 is 4.79 Å². The third-order valence-corrected chi connectivity index (χ3v) is 4.22. The van der Waals surface area contributed by atoms with Crippen molar-refractivity contribution in [2.75, 3.05) is 43.9 Å². The van der Waals surface area contributed by atoms with Crippen LogP contribution in [-0.2, 0) is 4.79 Å². The van der Waals surface area contributed by atoms with Gasteiger partial charge in [0.25, 0.3) is 0 Å². The summed E-state index contributed by atoms with van der Waals surface area (Å²) in [6, 6.07) is 8.12. The number of carbonyl (C=O) groups excluding carboxylic acids is 1. The van der Waals surface area contributed by atoms with E-state index < -0.39 is 0 Å². The van der Waals surface area contributed by atoms with Crippen molar-refractivity contribution in [3.63, 3.8) is 0 Å². The van der Waals surface area contributed by atoms with Gasteiger partial charge < -0.3 is 10.6 Å². The smallest absolute Gasteiger partial charge is 0.241 e. The van der Waals surface area contributed by atoms with Gasteiger partial charge in [-0.25, -0.2) is 0 Å². The molecule has 4 nitrogen and oxygen atoms in total. The lowest BCUT2D eigenvalue weighted by Gasteiger charge is -2.30. The van der Waals surface area contributed by atoms with Gasteiger partial charge in [-0.1, -0.05) is 12.1 Å². The number of benzene rings is 1. The maximum absolute atomic E-state index is 12.4. The second-order valence-corrected chi connectivity index (χ2v) is 5.88.